The third kappa shape index (κ3) is 14.6. The molecule has 13 nitrogen and oxygen atoms in total. The maximum absolute atomic E-state index is 13.5. The maximum atomic E-state index is 13.5. The van der Waals surface area contributed by atoms with Gasteiger partial charge in [0.2, 0.25) is 26.0 Å². The fourth-order valence-electron chi connectivity index (χ4n) is 4.77. The van der Waals surface area contributed by atoms with Gasteiger partial charge in [0.1, 0.15) is 17.5 Å². The highest BCUT2D eigenvalue weighted by atomic mass is 32.2. The summed E-state index contributed by atoms with van der Waals surface area (Å²) in [7, 11) is -7.47. The molecule has 0 spiro atoms. The smallest absolute Gasteiger partial charge is 0.240 e. The zero-order valence-electron chi connectivity index (χ0n) is 30.7. The molecule has 15 heteroatoms. The summed E-state index contributed by atoms with van der Waals surface area (Å²) >= 11 is 0. The van der Waals surface area contributed by atoms with Crippen LogP contribution in [0.5, 0.6) is 0 Å². The summed E-state index contributed by atoms with van der Waals surface area (Å²) < 4.78 is 62.9. The van der Waals surface area contributed by atoms with E-state index < -0.39 is 43.1 Å². The van der Waals surface area contributed by atoms with Crippen LogP contribution in [-0.4, -0.2) is 102 Å². The first kappa shape index (κ1) is 43.1. The van der Waals surface area contributed by atoms with Gasteiger partial charge >= 0.3 is 0 Å². The summed E-state index contributed by atoms with van der Waals surface area (Å²) in [5.41, 5.74) is -0.412. The van der Waals surface area contributed by atoms with E-state index >= 15 is 0 Å². The van der Waals surface area contributed by atoms with Crippen LogP contribution in [0.15, 0.2) is 6.20 Å². The van der Waals surface area contributed by atoms with Crippen LogP contribution in [0, 0.1) is 11.8 Å². The first-order valence-electron chi connectivity index (χ1n) is 17.0. The van der Waals surface area contributed by atoms with Crippen LogP contribution in [0.25, 0.3) is 0 Å². The minimum absolute atomic E-state index is 0.0000279. The molecule has 1 saturated heterocycles. The van der Waals surface area contributed by atoms with Gasteiger partial charge in [0.15, 0.2) is 0 Å². The Kier molecular flexibility index (Phi) is 17.2. The van der Waals surface area contributed by atoms with Gasteiger partial charge < -0.3 is 14.8 Å². The third-order valence-electron chi connectivity index (χ3n) is 8.14. The molecule has 1 fully saturated rings. The lowest BCUT2D eigenvalue weighted by atomic mass is 9.99. The fraction of sp³-hybridized carbons (Fsp3) is 0.875. The Morgan fingerprint density at radius 1 is 0.957 bits per heavy atom. The summed E-state index contributed by atoms with van der Waals surface area (Å²) in [6, 6.07) is -1.19. The van der Waals surface area contributed by atoms with E-state index in [-0.39, 0.29) is 55.3 Å². The van der Waals surface area contributed by atoms with Gasteiger partial charge in [0, 0.05) is 32.7 Å². The second kappa shape index (κ2) is 18.7. The van der Waals surface area contributed by atoms with E-state index in [1.165, 1.54) is 4.31 Å². The van der Waals surface area contributed by atoms with E-state index in [0.29, 0.717) is 44.4 Å². The van der Waals surface area contributed by atoms with Crippen LogP contribution in [0.4, 0.5) is 0 Å². The summed E-state index contributed by atoms with van der Waals surface area (Å²) in [5, 5.41) is 11.2. The molecule has 1 unspecified atom stereocenters. The van der Waals surface area contributed by atoms with Gasteiger partial charge in [-0.2, -0.15) is 8.61 Å². The number of sulfonamides is 2. The largest absolute Gasteiger partial charge is 0.375 e. The fourth-order valence-corrected chi connectivity index (χ4v) is 8.44. The second-order valence-electron chi connectivity index (χ2n) is 14.2. The number of nitrogens with one attached hydrogen (secondary N) is 1. The third-order valence-corrected chi connectivity index (χ3v) is 11.9. The number of piperazine rings is 1. The van der Waals surface area contributed by atoms with E-state index in [9.17, 15) is 26.4 Å². The molecule has 0 bridgehead atoms. The molecule has 0 aliphatic carbocycles. The van der Waals surface area contributed by atoms with Crippen LogP contribution < -0.4 is 5.32 Å². The van der Waals surface area contributed by atoms with Crippen LogP contribution in [0.2, 0.25) is 0 Å². The number of nitrogens with zero attached hydrogens (tertiary/aromatic N) is 5. The number of carbonyl (C=O) groups excluding carboxylic acids is 2. The number of Topliss-reactive ketones (excluding diaryl/α,β-unsaturated/α-hetero) is 1. The normalized spacial score (nSPS) is 17.1. The highest BCUT2D eigenvalue weighted by Crippen LogP contribution is 2.24. The molecule has 0 saturated carbocycles. The standard InChI is InChI=1S/C30H56N6O7S2.C2H6/c1-23(2)11-18-44(39,40)34-15-16-35(45(41,42)19-12-24(3)4)27(22-34)28(38)31-20-26-21-36(33-32-26)29(6,7)14-17-43-30(8,9)13-10-25(5)37;1-2/h21,23-24,27H,10-20,22H2,1-9H3,(H,31,38);1-2H3. The Morgan fingerprint density at radius 3 is 2.09 bits per heavy atom. The van der Waals surface area contributed by atoms with Crippen molar-refractivity contribution < 1.29 is 31.2 Å². The molecule has 1 aromatic rings. The van der Waals surface area contributed by atoms with E-state index in [1.807, 2.05) is 69.2 Å². The Balaban J connectivity index is 0.00000541. The SMILES string of the molecule is CC.CC(=O)CCC(C)(C)OCCC(C)(C)n1cc(CNC(=O)C2CN(S(=O)(=O)CCC(C)C)CCN2S(=O)(=O)CCC(C)C)nn1. The predicted molar refractivity (Wildman–Crippen MR) is 186 cm³/mol. The van der Waals surface area contributed by atoms with Crippen LogP contribution in [0.3, 0.4) is 0 Å². The van der Waals surface area contributed by atoms with Crippen molar-refractivity contribution >= 4 is 31.7 Å². The number of carbonyl (C=O) groups is 2. The van der Waals surface area contributed by atoms with Crippen molar-refractivity contribution in [1.82, 2.24) is 28.9 Å². The van der Waals surface area contributed by atoms with Crippen molar-refractivity contribution in [3.05, 3.63) is 11.9 Å². The molecule has 0 aromatic carbocycles. The van der Waals surface area contributed by atoms with Gasteiger partial charge in [-0.15, -0.1) is 5.10 Å². The van der Waals surface area contributed by atoms with Gasteiger partial charge in [-0.3, -0.25) is 4.79 Å². The number of hydrogen-bond donors (Lipinski definition) is 1. The number of ketones is 1. The lowest BCUT2D eigenvalue weighted by Crippen LogP contribution is -2.61. The molecule has 2 rings (SSSR count). The van der Waals surface area contributed by atoms with E-state index in [2.05, 4.69) is 15.6 Å². The quantitative estimate of drug-likeness (QED) is 0.225. The number of ether oxygens (including phenoxy) is 1. The molecule has 47 heavy (non-hydrogen) atoms. The van der Waals surface area contributed by atoms with Gasteiger partial charge in [-0.25, -0.2) is 21.5 Å². The number of hydrogen-bond acceptors (Lipinski definition) is 9. The van der Waals surface area contributed by atoms with Gasteiger partial charge in [0.05, 0.1) is 35.4 Å². The zero-order valence-corrected chi connectivity index (χ0v) is 32.3. The molecule has 1 aliphatic rings. The Labute approximate surface area is 284 Å². The van der Waals surface area contributed by atoms with Gasteiger partial charge in [-0.1, -0.05) is 46.8 Å². The van der Waals surface area contributed by atoms with Gasteiger partial charge in [-0.05, 0) is 72.1 Å². The molecule has 0 radical (unpaired) electrons. The second-order valence-corrected chi connectivity index (χ2v) is 18.4. The van der Waals surface area contributed by atoms with Crippen molar-refractivity contribution in [1.29, 1.82) is 0 Å². The summed E-state index contributed by atoms with van der Waals surface area (Å²) in [4.78, 5) is 24.9. The molecular weight excluding hydrogens is 645 g/mol. The molecule has 1 N–H and O–H groups in total. The molecule has 1 aromatic heterocycles. The maximum Gasteiger partial charge on any atom is 0.240 e. The number of aromatic nitrogens is 3. The Bertz CT molecular complexity index is 1340. The van der Waals surface area contributed by atoms with Crippen LogP contribution in [0.1, 0.15) is 114 Å². The van der Waals surface area contributed by atoms with E-state index in [0.717, 1.165) is 4.31 Å². The highest BCUT2D eigenvalue weighted by molar-refractivity contribution is 7.89. The molecule has 274 valence electrons. The minimum Gasteiger partial charge on any atom is -0.375 e. The topological polar surface area (TPSA) is 161 Å². The highest BCUT2D eigenvalue weighted by Gasteiger charge is 2.42. The predicted octanol–water partition coefficient (Wildman–Crippen LogP) is 3.95. The summed E-state index contributed by atoms with van der Waals surface area (Å²) in [6.45, 7) is 21.3. The van der Waals surface area contributed by atoms with Crippen molar-refractivity contribution in [2.45, 2.75) is 132 Å². The number of rotatable bonds is 19. The van der Waals surface area contributed by atoms with Crippen molar-refractivity contribution in [2.24, 2.45) is 11.8 Å². The average molecular weight is 707 g/mol. The lowest BCUT2D eigenvalue weighted by molar-refractivity contribution is -0.126. The Hall–Kier alpha value is -1.94. The molecule has 2 heterocycles. The first-order chi connectivity index (χ1) is 21.6. The van der Waals surface area contributed by atoms with Crippen molar-refractivity contribution in [3.8, 4) is 0 Å². The van der Waals surface area contributed by atoms with E-state index in [4.69, 9.17) is 4.74 Å². The molecule has 1 aliphatic heterocycles. The molecular formula is C32H62N6O7S2. The average Bonchev–Trinajstić information content (AvgIpc) is 3.48. The Morgan fingerprint density at radius 2 is 1.53 bits per heavy atom. The summed E-state index contributed by atoms with van der Waals surface area (Å²) in [5.74, 6) is -0.285. The van der Waals surface area contributed by atoms with Gasteiger partial charge in [0.25, 0.3) is 0 Å². The molecule has 1 amide bonds. The lowest BCUT2D eigenvalue weighted by Gasteiger charge is -2.39. The van der Waals surface area contributed by atoms with Crippen molar-refractivity contribution in [2.75, 3.05) is 37.7 Å². The van der Waals surface area contributed by atoms with Crippen molar-refractivity contribution in [3.63, 3.8) is 0 Å². The number of amides is 1. The monoisotopic (exact) mass is 706 g/mol. The zero-order chi connectivity index (χ0) is 36.2. The van der Waals surface area contributed by atoms with E-state index in [1.54, 1.807) is 17.8 Å². The molecule has 1 atom stereocenters. The first-order valence-corrected chi connectivity index (χ1v) is 20.2. The van der Waals surface area contributed by atoms with Crippen LogP contribution in [-0.2, 0) is 46.5 Å². The van der Waals surface area contributed by atoms with Crippen LogP contribution >= 0.6 is 0 Å². The minimum atomic E-state index is -3.80. The summed E-state index contributed by atoms with van der Waals surface area (Å²) in [6.07, 6.45) is 4.35.